The van der Waals surface area contributed by atoms with Crippen molar-refractivity contribution in [2.24, 2.45) is 0 Å². The largest absolute Gasteiger partial charge is 0.353 e. The zero-order valence-electron chi connectivity index (χ0n) is 13.5. The fourth-order valence-electron chi connectivity index (χ4n) is 3.07. The van der Waals surface area contributed by atoms with Crippen molar-refractivity contribution < 1.29 is 4.79 Å². The minimum atomic E-state index is -0.0794. The van der Waals surface area contributed by atoms with Gasteiger partial charge in [0.15, 0.2) is 5.16 Å². The van der Waals surface area contributed by atoms with Gasteiger partial charge >= 0.3 is 0 Å². The molecule has 0 saturated heterocycles. The summed E-state index contributed by atoms with van der Waals surface area (Å²) in [7, 11) is 0. The van der Waals surface area contributed by atoms with Crippen molar-refractivity contribution in [3.63, 3.8) is 0 Å². The second kappa shape index (κ2) is 6.78. The highest BCUT2D eigenvalue weighted by molar-refractivity contribution is 7.99. The SMILES string of the molecule is CCn1c(SCC(=O)NC2CCCC2)nc2cc(C)[nH]c2c1=O. The molecule has 1 aliphatic rings. The number of fused-ring (bicyclic) bond motifs is 1. The Bertz CT molecular complexity index is 774. The molecular weight excluding hydrogens is 312 g/mol. The lowest BCUT2D eigenvalue weighted by Gasteiger charge is -2.13. The Morgan fingerprint density at radius 1 is 1.48 bits per heavy atom. The first-order valence-corrected chi connectivity index (χ1v) is 9.09. The van der Waals surface area contributed by atoms with Crippen LogP contribution >= 0.6 is 11.8 Å². The van der Waals surface area contributed by atoms with Crippen LogP contribution in [0.1, 0.15) is 38.3 Å². The first-order chi connectivity index (χ1) is 11.1. The summed E-state index contributed by atoms with van der Waals surface area (Å²) in [6, 6.07) is 2.18. The quantitative estimate of drug-likeness (QED) is 0.649. The summed E-state index contributed by atoms with van der Waals surface area (Å²) in [5.74, 6) is 0.307. The number of nitrogens with zero attached hydrogens (tertiary/aromatic N) is 2. The molecule has 2 N–H and O–H groups in total. The van der Waals surface area contributed by atoms with Crippen LogP contribution in [0.3, 0.4) is 0 Å². The molecule has 6 nitrogen and oxygen atoms in total. The molecule has 23 heavy (non-hydrogen) atoms. The topological polar surface area (TPSA) is 79.8 Å². The third-order valence-electron chi connectivity index (χ3n) is 4.21. The number of carbonyl (C=O) groups excluding carboxylic acids is 1. The van der Waals surface area contributed by atoms with E-state index >= 15 is 0 Å². The van der Waals surface area contributed by atoms with E-state index in [0.717, 1.165) is 18.5 Å². The Morgan fingerprint density at radius 3 is 2.91 bits per heavy atom. The number of hydrogen-bond acceptors (Lipinski definition) is 4. The van der Waals surface area contributed by atoms with Gasteiger partial charge in [0.2, 0.25) is 5.91 Å². The van der Waals surface area contributed by atoms with Gasteiger partial charge in [-0.25, -0.2) is 4.98 Å². The number of amides is 1. The fourth-order valence-corrected chi connectivity index (χ4v) is 3.94. The minimum absolute atomic E-state index is 0.0177. The van der Waals surface area contributed by atoms with Gasteiger partial charge in [-0.2, -0.15) is 0 Å². The zero-order chi connectivity index (χ0) is 16.4. The highest BCUT2D eigenvalue weighted by Gasteiger charge is 2.18. The van der Waals surface area contributed by atoms with Crippen molar-refractivity contribution in [2.45, 2.75) is 57.3 Å². The van der Waals surface area contributed by atoms with Crippen molar-refractivity contribution in [2.75, 3.05) is 5.75 Å². The number of H-pyrrole nitrogens is 1. The number of nitrogens with one attached hydrogen (secondary N) is 2. The highest BCUT2D eigenvalue weighted by Crippen LogP contribution is 2.20. The molecule has 0 unspecified atom stereocenters. The Labute approximate surface area is 139 Å². The molecule has 7 heteroatoms. The van der Waals surface area contributed by atoms with Crippen LogP contribution in [0.4, 0.5) is 0 Å². The summed E-state index contributed by atoms with van der Waals surface area (Å²) < 4.78 is 1.62. The third-order valence-corrected chi connectivity index (χ3v) is 5.18. The van der Waals surface area contributed by atoms with E-state index < -0.39 is 0 Å². The second-order valence-electron chi connectivity index (χ2n) is 5.99. The average molecular weight is 334 g/mol. The van der Waals surface area contributed by atoms with Crippen LogP contribution in [0, 0.1) is 6.92 Å². The number of thioether (sulfide) groups is 1. The van der Waals surface area contributed by atoms with Crippen LogP contribution in [-0.2, 0) is 11.3 Å². The van der Waals surface area contributed by atoms with Gasteiger partial charge in [0.25, 0.3) is 5.56 Å². The number of aromatic nitrogens is 3. The van der Waals surface area contributed by atoms with E-state index in [1.807, 2.05) is 19.9 Å². The van der Waals surface area contributed by atoms with Crippen LogP contribution in [0.15, 0.2) is 16.0 Å². The maximum Gasteiger partial charge on any atom is 0.278 e. The summed E-state index contributed by atoms with van der Waals surface area (Å²) in [5.41, 5.74) is 2.03. The van der Waals surface area contributed by atoms with Crippen molar-refractivity contribution in [1.29, 1.82) is 0 Å². The van der Waals surface area contributed by atoms with E-state index in [4.69, 9.17) is 0 Å². The summed E-state index contributed by atoms with van der Waals surface area (Å²) in [6.07, 6.45) is 4.53. The van der Waals surface area contributed by atoms with Gasteiger partial charge in [-0.3, -0.25) is 14.2 Å². The second-order valence-corrected chi connectivity index (χ2v) is 6.94. The molecule has 2 aromatic heterocycles. The van der Waals surface area contributed by atoms with Crippen molar-refractivity contribution in [3.05, 3.63) is 22.1 Å². The number of hydrogen-bond donors (Lipinski definition) is 2. The fraction of sp³-hybridized carbons (Fsp3) is 0.562. The van der Waals surface area contributed by atoms with E-state index in [2.05, 4.69) is 15.3 Å². The Balaban J connectivity index is 1.76. The molecular formula is C16H22N4O2S. The van der Waals surface area contributed by atoms with E-state index in [0.29, 0.717) is 28.8 Å². The highest BCUT2D eigenvalue weighted by atomic mass is 32.2. The Hall–Kier alpha value is -1.76. The monoisotopic (exact) mass is 334 g/mol. The molecule has 0 bridgehead atoms. The van der Waals surface area contributed by atoms with Gasteiger partial charge in [-0.05, 0) is 32.8 Å². The number of aryl methyl sites for hydroxylation is 1. The molecule has 0 aromatic carbocycles. The normalized spacial score (nSPS) is 15.4. The molecule has 2 heterocycles. The number of rotatable bonds is 5. The predicted octanol–water partition coefficient (Wildman–Crippen LogP) is 2.20. The van der Waals surface area contributed by atoms with E-state index in [1.54, 1.807) is 4.57 Å². The summed E-state index contributed by atoms with van der Waals surface area (Å²) >= 11 is 1.33. The third kappa shape index (κ3) is 3.44. The maximum atomic E-state index is 12.5. The van der Waals surface area contributed by atoms with Gasteiger partial charge in [0.1, 0.15) is 5.52 Å². The first kappa shape index (κ1) is 16.1. The summed E-state index contributed by atoms with van der Waals surface area (Å²) in [5, 5.41) is 3.66. The number of aromatic amines is 1. The molecule has 1 aliphatic carbocycles. The molecule has 1 amide bonds. The van der Waals surface area contributed by atoms with Crippen LogP contribution < -0.4 is 10.9 Å². The van der Waals surface area contributed by atoms with Crippen LogP contribution in [-0.4, -0.2) is 32.2 Å². The van der Waals surface area contributed by atoms with Crippen molar-refractivity contribution in [3.8, 4) is 0 Å². The van der Waals surface area contributed by atoms with E-state index in [-0.39, 0.29) is 17.2 Å². The van der Waals surface area contributed by atoms with Gasteiger partial charge in [-0.1, -0.05) is 24.6 Å². The molecule has 1 fully saturated rings. The van der Waals surface area contributed by atoms with Crippen molar-refractivity contribution >= 4 is 28.7 Å². The molecule has 0 aliphatic heterocycles. The van der Waals surface area contributed by atoms with Gasteiger partial charge in [-0.15, -0.1) is 0 Å². The van der Waals surface area contributed by atoms with Gasteiger partial charge in [0.05, 0.1) is 11.3 Å². The number of carbonyl (C=O) groups is 1. The Kier molecular flexibility index (Phi) is 4.75. The molecule has 0 spiro atoms. The van der Waals surface area contributed by atoms with Gasteiger partial charge < -0.3 is 10.3 Å². The first-order valence-electron chi connectivity index (χ1n) is 8.10. The van der Waals surface area contributed by atoms with E-state index in [9.17, 15) is 9.59 Å². The standard InChI is InChI=1S/C16H22N4O2S/c1-3-20-15(22)14-12(8-10(2)17-14)19-16(20)23-9-13(21)18-11-6-4-5-7-11/h8,11,17H,3-7,9H2,1-2H3,(H,18,21). The summed E-state index contributed by atoms with van der Waals surface area (Å²) in [6.45, 7) is 4.35. The Morgan fingerprint density at radius 2 is 2.22 bits per heavy atom. The van der Waals surface area contributed by atoms with Gasteiger partial charge in [0, 0.05) is 18.3 Å². The molecule has 0 atom stereocenters. The smallest absolute Gasteiger partial charge is 0.278 e. The molecule has 2 aromatic rings. The van der Waals surface area contributed by atoms with E-state index in [1.165, 1.54) is 24.6 Å². The van der Waals surface area contributed by atoms with Crippen LogP contribution in [0.25, 0.3) is 11.0 Å². The predicted molar refractivity (Wildman–Crippen MR) is 91.9 cm³/mol. The molecule has 124 valence electrons. The lowest BCUT2D eigenvalue weighted by Crippen LogP contribution is -2.34. The average Bonchev–Trinajstić information content (AvgIpc) is 3.14. The zero-order valence-corrected chi connectivity index (χ0v) is 14.3. The van der Waals surface area contributed by atoms with Crippen molar-refractivity contribution in [1.82, 2.24) is 19.9 Å². The lowest BCUT2D eigenvalue weighted by molar-refractivity contribution is -0.119. The minimum Gasteiger partial charge on any atom is -0.353 e. The van der Waals surface area contributed by atoms with Crippen LogP contribution in [0.2, 0.25) is 0 Å². The molecule has 0 radical (unpaired) electrons. The molecule has 1 saturated carbocycles. The van der Waals surface area contributed by atoms with Crippen LogP contribution in [0.5, 0.6) is 0 Å². The maximum absolute atomic E-state index is 12.5. The lowest BCUT2D eigenvalue weighted by atomic mass is 10.2. The molecule has 3 rings (SSSR count). The summed E-state index contributed by atoms with van der Waals surface area (Å²) in [4.78, 5) is 32.2.